The zero-order valence-corrected chi connectivity index (χ0v) is 12.4. The number of hydrogen-bond acceptors (Lipinski definition) is 2. The molecule has 0 radical (unpaired) electrons. The van der Waals surface area contributed by atoms with Crippen LogP contribution in [-0.4, -0.2) is 13.7 Å². The minimum atomic E-state index is -0.592. The van der Waals surface area contributed by atoms with Crippen molar-refractivity contribution in [2.75, 3.05) is 13.7 Å². The molecule has 0 saturated heterocycles. The lowest BCUT2D eigenvalue weighted by molar-refractivity contribution is 0.401. The summed E-state index contributed by atoms with van der Waals surface area (Å²) < 4.78 is 34.0. The van der Waals surface area contributed by atoms with Crippen LogP contribution in [0.3, 0.4) is 0 Å². The lowest BCUT2D eigenvalue weighted by Crippen LogP contribution is -2.25. The first kappa shape index (κ1) is 15.4. The van der Waals surface area contributed by atoms with Crippen molar-refractivity contribution in [2.45, 2.75) is 19.9 Å². The van der Waals surface area contributed by atoms with Gasteiger partial charge in [0.25, 0.3) is 0 Å². The third kappa shape index (κ3) is 3.05. The topological polar surface area (TPSA) is 21.3 Å². The van der Waals surface area contributed by atoms with E-state index in [1.807, 2.05) is 25.1 Å². The summed E-state index contributed by atoms with van der Waals surface area (Å²) in [6.45, 7) is 4.10. The third-order valence-corrected chi connectivity index (χ3v) is 3.47. The second-order valence-corrected chi connectivity index (χ2v) is 4.82. The van der Waals surface area contributed by atoms with Gasteiger partial charge in [-0.05, 0) is 31.2 Å². The van der Waals surface area contributed by atoms with Crippen molar-refractivity contribution in [3.8, 4) is 5.75 Å². The van der Waals surface area contributed by atoms with Crippen molar-refractivity contribution in [2.24, 2.45) is 0 Å². The van der Waals surface area contributed by atoms with Crippen LogP contribution in [0.1, 0.15) is 29.7 Å². The molecular formula is C17H19F2NO. The predicted octanol–water partition coefficient (Wildman–Crippen LogP) is 3.98. The fourth-order valence-electron chi connectivity index (χ4n) is 2.42. The number of rotatable bonds is 5. The summed E-state index contributed by atoms with van der Waals surface area (Å²) in [6, 6.07) is 9.40. The molecular weight excluding hydrogens is 272 g/mol. The summed E-state index contributed by atoms with van der Waals surface area (Å²) in [5, 5.41) is 3.14. The number of ether oxygens (including phenoxy) is 1. The molecule has 21 heavy (non-hydrogen) atoms. The summed E-state index contributed by atoms with van der Waals surface area (Å²) in [4.78, 5) is 0. The normalized spacial score (nSPS) is 12.2. The van der Waals surface area contributed by atoms with Gasteiger partial charge < -0.3 is 10.1 Å². The van der Waals surface area contributed by atoms with Crippen LogP contribution < -0.4 is 10.1 Å². The van der Waals surface area contributed by atoms with Gasteiger partial charge in [0.15, 0.2) is 0 Å². The number of nitrogens with one attached hydrogen (secondary N) is 1. The maximum Gasteiger partial charge on any atom is 0.134 e. The third-order valence-electron chi connectivity index (χ3n) is 3.47. The minimum Gasteiger partial charge on any atom is -0.496 e. The molecule has 0 aliphatic carbocycles. The van der Waals surface area contributed by atoms with Gasteiger partial charge >= 0.3 is 0 Å². The summed E-state index contributed by atoms with van der Waals surface area (Å²) in [7, 11) is 1.55. The first-order chi connectivity index (χ1) is 10.1. The van der Waals surface area contributed by atoms with Gasteiger partial charge in [-0.2, -0.15) is 0 Å². The highest BCUT2D eigenvalue weighted by Gasteiger charge is 2.24. The van der Waals surface area contributed by atoms with Gasteiger partial charge in [0.2, 0.25) is 0 Å². The SMILES string of the molecule is CCNC(c1ccccc1OC)c1c(F)ccc(C)c1F. The fraction of sp³-hybridized carbons (Fsp3) is 0.294. The van der Waals surface area contributed by atoms with E-state index >= 15 is 0 Å². The maximum atomic E-state index is 14.4. The molecule has 0 bridgehead atoms. The Kier molecular flexibility index (Phi) is 4.91. The molecule has 0 spiro atoms. The molecule has 0 saturated carbocycles. The molecule has 2 rings (SSSR count). The number of methoxy groups -OCH3 is 1. The Morgan fingerprint density at radius 3 is 2.52 bits per heavy atom. The zero-order valence-electron chi connectivity index (χ0n) is 12.4. The summed E-state index contributed by atoms with van der Waals surface area (Å²) in [5.74, 6) is -0.481. The van der Waals surface area contributed by atoms with E-state index in [0.717, 1.165) is 0 Å². The van der Waals surface area contributed by atoms with Crippen molar-refractivity contribution < 1.29 is 13.5 Å². The first-order valence-electron chi connectivity index (χ1n) is 6.91. The van der Waals surface area contributed by atoms with Crippen molar-refractivity contribution >= 4 is 0 Å². The maximum absolute atomic E-state index is 14.4. The van der Waals surface area contributed by atoms with E-state index in [2.05, 4.69) is 5.32 Å². The lowest BCUT2D eigenvalue weighted by Gasteiger charge is -2.22. The van der Waals surface area contributed by atoms with E-state index in [1.54, 1.807) is 20.1 Å². The molecule has 2 aromatic carbocycles. The molecule has 4 heteroatoms. The van der Waals surface area contributed by atoms with Crippen LogP contribution in [0.4, 0.5) is 8.78 Å². The van der Waals surface area contributed by atoms with Crippen LogP contribution in [0, 0.1) is 18.6 Å². The van der Waals surface area contributed by atoms with Crippen LogP contribution in [0.15, 0.2) is 36.4 Å². The van der Waals surface area contributed by atoms with E-state index in [1.165, 1.54) is 12.1 Å². The summed E-state index contributed by atoms with van der Waals surface area (Å²) in [5.41, 5.74) is 1.16. The number of para-hydroxylation sites is 1. The predicted molar refractivity (Wildman–Crippen MR) is 79.6 cm³/mol. The van der Waals surface area contributed by atoms with Gasteiger partial charge in [0.05, 0.1) is 13.2 Å². The van der Waals surface area contributed by atoms with Gasteiger partial charge in [0, 0.05) is 11.1 Å². The summed E-state index contributed by atoms with van der Waals surface area (Å²) >= 11 is 0. The van der Waals surface area contributed by atoms with Crippen LogP contribution in [-0.2, 0) is 0 Å². The first-order valence-corrected chi connectivity index (χ1v) is 6.91. The second kappa shape index (κ2) is 6.68. The van der Waals surface area contributed by atoms with Crippen LogP contribution >= 0.6 is 0 Å². The number of halogens is 2. The smallest absolute Gasteiger partial charge is 0.134 e. The Bertz CT molecular complexity index is 628. The second-order valence-electron chi connectivity index (χ2n) is 4.82. The van der Waals surface area contributed by atoms with Crippen molar-refractivity contribution in [1.29, 1.82) is 0 Å². The monoisotopic (exact) mass is 291 g/mol. The van der Waals surface area contributed by atoms with E-state index < -0.39 is 17.7 Å². The quantitative estimate of drug-likeness (QED) is 0.899. The molecule has 0 heterocycles. The van der Waals surface area contributed by atoms with E-state index in [9.17, 15) is 8.78 Å². The molecule has 1 N–H and O–H groups in total. The minimum absolute atomic E-state index is 0.0290. The molecule has 1 unspecified atom stereocenters. The van der Waals surface area contributed by atoms with Crippen LogP contribution in [0.2, 0.25) is 0 Å². The molecule has 0 aliphatic rings. The molecule has 0 amide bonds. The van der Waals surface area contributed by atoms with Gasteiger partial charge in [0.1, 0.15) is 17.4 Å². The van der Waals surface area contributed by atoms with E-state index in [0.29, 0.717) is 23.4 Å². The van der Waals surface area contributed by atoms with Gasteiger partial charge in [-0.25, -0.2) is 8.78 Å². The Morgan fingerprint density at radius 1 is 1.14 bits per heavy atom. The van der Waals surface area contributed by atoms with E-state index in [4.69, 9.17) is 4.74 Å². The Labute approximate surface area is 123 Å². The van der Waals surface area contributed by atoms with Gasteiger partial charge in [-0.3, -0.25) is 0 Å². The molecule has 1 atom stereocenters. The molecule has 112 valence electrons. The highest BCUT2D eigenvalue weighted by Crippen LogP contribution is 2.33. The fourth-order valence-corrected chi connectivity index (χ4v) is 2.42. The highest BCUT2D eigenvalue weighted by atomic mass is 19.1. The number of aryl methyl sites for hydroxylation is 1. The lowest BCUT2D eigenvalue weighted by atomic mass is 9.95. The van der Waals surface area contributed by atoms with Crippen molar-refractivity contribution in [1.82, 2.24) is 5.32 Å². The van der Waals surface area contributed by atoms with Gasteiger partial charge in [-0.1, -0.05) is 31.2 Å². The molecule has 2 nitrogen and oxygen atoms in total. The summed E-state index contributed by atoms with van der Waals surface area (Å²) in [6.07, 6.45) is 0. The molecule has 2 aromatic rings. The van der Waals surface area contributed by atoms with E-state index in [-0.39, 0.29) is 5.56 Å². The molecule has 0 aromatic heterocycles. The Balaban J connectivity index is 2.62. The van der Waals surface area contributed by atoms with Gasteiger partial charge in [-0.15, -0.1) is 0 Å². The number of hydrogen-bond donors (Lipinski definition) is 1. The largest absolute Gasteiger partial charge is 0.496 e. The standard InChI is InChI=1S/C17H19F2NO/c1-4-20-17(12-7-5-6-8-14(12)21-3)15-13(18)10-9-11(2)16(15)19/h5-10,17,20H,4H2,1-3H3. The molecule has 0 aliphatic heterocycles. The molecule has 0 fully saturated rings. The number of benzene rings is 2. The van der Waals surface area contributed by atoms with Crippen LogP contribution in [0.5, 0.6) is 5.75 Å². The Morgan fingerprint density at radius 2 is 1.86 bits per heavy atom. The van der Waals surface area contributed by atoms with Crippen molar-refractivity contribution in [3.63, 3.8) is 0 Å². The zero-order chi connectivity index (χ0) is 15.4. The van der Waals surface area contributed by atoms with Crippen LogP contribution in [0.25, 0.3) is 0 Å². The highest BCUT2D eigenvalue weighted by molar-refractivity contribution is 5.43. The average Bonchev–Trinajstić information content (AvgIpc) is 2.50. The van der Waals surface area contributed by atoms with Crippen molar-refractivity contribution in [3.05, 3.63) is 64.7 Å². The Hall–Kier alpha value is -1.94. The average molecular weight is 291 g/mol.